The summed E-state index contributed by atoms with van der Waals surface area (Å²) < 4.78 is 11.7. The van der Waals surface area contributed by atoms with Gasteiger partial charge in [0.05, 0.1) is 0 Å². The maximum atomic E-state index is 7.09. The molecule has 3 aliphatic rings. The molecule has 0 aromatic heterocycles. The molecule has 25 heavy (non-hydrogen) atoms. The van der Waals surface area contributed by atoms with Crippen molar-refractivity contribution >= 4 is 23.2 Å². The molecule has 3 rings (SSSR count). The van der Waals surface area contributed by atoms with Crippen LogP contribution in [-0.2, 0) is 9.39 Å². The van der Waals surface area contributed by atoms with E-state index >= 15 is 0 Å². The van der Waals surface area contributed by atoms with Crippen LogP contribution in [0.4, 0.5) is 0 Å². The summed E-state index contributed by atoms with van der Waals surface area (Å²) in [7, 11) is 1.13. The van der Waals surface area contributed by atoms with Crippen molar-refractivity contribution in [1.82, 2.24) is 0 Å². The Morgan fingerprint density at radius 1 is 1.00 bits per heavy atom. The zero-order valence-electron chi connectivity index (χ0n) is 15.8. The van der Waals surface area contributed by atoms with Crippen LogP contribution in [0.1, 0.15) is 77.6 Å². The van der Waals surface area contributed by atoms with Crippen molar-refractivity contribution in [3.05, 3.63) is 0 Å². The third-order valence-electron chi connectivity index (χ3n) is 7.14. The molecule has 0 bridgehead atoms. The molecule has 2 aliphatic carbocycles. The van der Waals surface area contributed by atoms with Gasteiger partial charge in [-0.15, -0.1) is 0 Å². The fourth-order valence-corrected chi connectivity index (χ4v) is 6.36. The number of hydrogen-bond acceptors (Lipinski definition) is 3. The summed E-state index contributed by atoms with van der Waals surface area (Å²) in [6.07, 6.45) is 15.0. The molecule has 2 saturated carbocycles. The summed E-state index contributed by atoms with van der Waals surface area (Å²) in [5.74, 6) is 3.33. The van der Waals surface area contributed by atoms with Gasteiger partial charge in [-0.05, 0) is 12.3 Å². The molecule has 3 fully saturated rings. The Hall–Kier alpha value is 0.105. The van der Waals surface area contributed by atoms with E-state index in [1.807, 2.05) is 0 Å². The number of rotatable bonds is 6. The van der Waals surface area contributed by atoms with E-state index in [-0.39, 0.29) is 0 Å². The normalized spacial score (nSPS) is 42.6. The van der Waals surface area contributed by atoms with Crippen molar-refractivity contribution in [3.63, 3.8) is 0 Å². The van der Waals surface area contributed by atoms with E-state index in [0.29, 0.717) is 17.0 Å². The molecule has 0 amide bonds. The van der Waals surface area contributed by atoms with Gasteiger partial charge in [0, 0.05) is 0 Å². The van der Waals surface area contributed by atoms with Gasteiger partial charge in [-0.2, -0.15) is 0 Å². The van der Waals surface area contributed by atoms with Gasteiger partial charge in [0.2, 0.25) is 0 Å². The second-order valence-corrected chi connectivity index (χ2v) is 9.81. The minimum Gasteiger partial charge on any atom is -0.0886 e. The monoisotopic (exact) mass is 411 g/mol. The van der Waals surface area contributed by atoms with Gasteiger partial charge in [-0.25, -0.2) is 0 Å². The Morgan fingerprint density at radius 3 is 2.16 bits per heavy atom. The Bertz CT molecular complexity index is 409. The van der Waals surface area contributed by atoms with Gasteiger partial charge in [0.15, 0.2) is 0 Å². The van der Waals surface area contributed by atoms with Crippen LogP contribution in [-0.4, -0.2) is 30.9 Å². The molecule has 1 N–H and O–H groups in total. The molecule has 0 spiro atoms. The molecule has 0 aromatic rings. The van der Waals surface area contributed by atoms with Crippen LogP contribution < -0.4 is 0 Å². The van der Waals surface area contributed by atoms with E-state index in [1.165, 1.54) is 57.8 Å². The zero-order chi connectivity index (χ0) is 17.6. The quantitative estimate of drug-likeness (QED) is 0.448. The SMILES string of the molecule is CCCC1COC(C2CCC(C3CCC(OB=N)CC3)CC2)CC1Br. The van der Waals surface area contributed by atoms with Crippen LogP contribution in [0.3, 0.4) is 0 Å². The van der Waals surface area contributed by atoms with Crippen LogP contribution in [0.5, 0.6) is 0 Å². The van der Waals surface area contributed by atoms with Gasteiger partial charge in [-0.1, -0.05) is 29.3 Å². The molecule has 3 unspecified atom stereocenters. The molecular weight excluding hydrogens is 377 g/mol. The zero-order valence-corrected chi connectivity index (χ0v) is 17.4. The summed E-state index contributed by atoms with van der Waals surface area (Å²) >= 11 is 3.95. The first-order valence-corrected chi connectivity index (χ1v) is 11.5. The van der Waals surface area contributed by atoms with E-state index in [1.54, 1.807) is 0 Å². The third-order valence-corrected chi connectivity index (χ3v) is 8.26. The van der Waals surface area contributed by atoms with Crippen molar-refractivity contribution < 1.29 is 9.39 Å². The Kier molecular flexibility index (Phi) is 7.84. The topological polar surface area (TPSA) is 42.3 Å². The van der Waals surface area contributed by atoms with E-state index in [9.17, 15) is 0 Å². The van der Waals surface area contributed by atoms with Gasteiger partial charge in [-0.3, -0.25) is 0 Å². The molecule has 0 radical (unpaired) electrons. The first kappa shape index (κ1) is 19.9. The minimum absolute atomic E-state index is 0.313. The predicted molar refractivity (Wildman–Crippen MR) is 106 cm³/mol. The predicted octanol–water partition coefficient (Wildman–Crippen LogP) is 5.72. The number of hydrogen-bond donors (Lipinski definition) is 1. The van der Waals surface area contributed by atoms with Crippen LogP contribution in [0.25, 0.3) is 0 Å². The number of halogens is 1. The maximum absolute atomic E-state index is 7.09. The molecule has 0 aromatic carbocycles. The summed E-state index contributed by atoms with van der Waals surface area (Å²) in [6, 6.07) is 0. The van der Waals surface area contributed by atoms with E-state index in [2.05, 4.69) is 22.9 Å². The van der Waals surface area contributed by atoms with E-state index < -0.39 is 0 Å². The molecule has 1 heterocycles. The van der Waals surface area contributed by atoms with Gasteiger partial charge < -0.3 is 0 Å². The summed E-state index contributed by atoms with van der Waals surface area (Å²) in [6.45, 7) is 3.24. The molecule has 5 heteroatoms. The van der Waals surface area contributed by atoms with Crippen LogP contribution >= 0.6 is 15.9 Å². The van der Waals surface area contributed by atoms with Crippen molar-refractivity contribution in [2.75, 3.05) is 6.61 Å². The molecule has 3 atom stereocenters. The molecule has 3 nitrogen and oxygen atoms in total. The fourth-order valence-electron chi connectivity index (χ4n) is 5.58. The Labute approximate surface area is 162 Å². The second kappa shape index (κ2) is 9.87. The van der Waals surface area contributed by atoms with Crippen molar-refractivity contribution in [2.45, 2.75) is 94.6 Å². The molecule has 1 saturated heterocycles. The number of ether oxygens (including phenoxy) is 1. The standard InChI is InChI=1S/C20H35BBrNO2/c1-2-3-17-13-24-20(12-19(17)22)16-6-4-14(5-7-16)15-8-10-18(11-9-15)25-21-23/h14-20,23H,2-13H2,1H3. The first-order chi connectivity index (χ1) is 12.2. The molecular formula is C20H35BBrNO2. The third kappa shape index (κ3) is 5.31. The van der Waals surface area contributed by atoms with Crippen molar-refractivity contribution in [3.8, 4) is 0 Å². The number of alkyl halides is 1. The van der Waals surface area contributed by atoms with Crippen LogP contribution in [0.2, 0.25) is 0 Å². The van der Waals surface area contributed by atoms with E-state index in [4.69, 9.17) is 14.7 Å². The average molecular weight is 412 g/mol. The Morgan fingerprint density at radius 2 is 1.60 bits per heavy atom. The van der Waals surface area contributed by atoms with Crippen LogP contribution in [0, 0.1) is 29.0 Å². The van der Waals surface area contributed by atoms with Crippen LogP contribution in [0.15, 0.2) is 0 Å². The fraction of sp³-hybridized carbons (Fsp3) is 1.00. The first-order valence-electron chi connectivity index (χ1n) is 10.6. The van der Waals surface area contributed by atoms with Crippen molar-refractivity contribution in [2.24, 2.45) is 23.7 Å². The Balaban J connectivity index is 1.40. The van der Waals surface area contributed by atoms with Crippen molar-refractivity contribution in [1.29, 1.82) is 5.31 Å². The van der Waals surface area contributed by atoms with E-state index in [0.717, 1.165) is 50.4 Å². The second-order valence-electron chi connectivity index (χ2n) is 8.64. The van der Waals surface area contributed by atoms with Gasteiger partial charge >= 0.3 is 121 Å². The smallest absolute Gasteiger partial charge is 0.0886 e. The summed E-state index contributed by atoms with van der Waals surface area (Å²) in [5.41, 5.74) is 0. The van der Waals surface area contributed by atoms with Gasteiger partial charge in [0.25, 0.3) is 0 Å². The molecule has 142 valence electrons. The van der Waals surface area contributed by atoms with Gasteiger partial charge in [0.1, 0.15) is 0 Å². The number of nitrogens with one attached hydrogen (secondary N) is 1. The molecule has 1 aliphatic heterocycles. The summed E-state index contributed by atoms with van der Waals surface area (Å²) in [4.78, 5) is 0.660. The summed E-state index contributed by atoms with van der Waals surface area (Å²) in [5, 5.41) is 7.09. The minimum atomic E-state index is 0.313. The average Bonchev–Trinajstić information content (AvgIpc) is 2.65.